The van der Waals surface area contributed by atoms with Crippen LogP contribution in [0.25, 0.3) is 10.7 Å². The topological polar surface area (TPSA) is 93.8 Å². The van der Waals surface area contributed by atoms with Gasteiger partial charge in [-0.1, -0.05) is 17.8 Å². The Kier molecular flexibility index (Phi) is 6.34. The van der Waals surface area contributed by atoms with E-state index in [-0.39, 0.29) is 11.7 Å². The molecule has 0 saturated carbocycles. The molecule has 0 spiro atoms. The van der Waals surface area contributed by atoms with Gasteiger partial charge in [-0.3, -0.25) is 20.4 Å². The SMILES string of the molecule is CCn1c(SCC(=O)NNC(=O)c2cc(Br)cn2C)nnc1-c1cccs1. The lowest BCUT2D eigenvalue weighted by Crippen LogP contribution is -2.43. The van der Waals surface area contributed by atoms with Crippen molar-refractivity contribution in [3.8, 4) is 10.7 Å². The summed E-state index contributed by atoms with van der Waals surface area (Å²) in [4.78, 5) is 25.2. The first-order chi connectivity index (χ1) is 13.0. The summed E-state index contributed by atoms with van der Waals surface area (Å²) in [5.41, 5.74) is 5.26. The maximum absolute atomic E-state index is 12.1. The van der Waals surface area contributed by atoms with Crippen LogP contribution in [0.2, 0.25) is 0 Å². The maximum atomic E-state index is 12.1. The Balaban J connectivity index is 1.55. The molecule has 0 aliphatic carbocycles. The number of carbonyl (C=O) groups is 2. The zero-order chi connectivity index (χ0) is 19.4. The highest BCUT2D eigenvalue weighted by Gasteiger charge is 2.16. The summed E-state index contributed by atoms with van der Waals surface area (Å²) in [5, 5.41) is 11.1. The number of thioether (sulfide) groups is 1. The number of amides is 2. The number of hydrogen-bond acceptors (Lipinski definition) is 6. The van der Waals surface area contributed by atoms with Crippen molar-refractivity contribution >= 4 is 50.8 Å². The van der Waals surface area contributed by atoms with E-state index in [0.29, 0.717) is 17.4 Å². The lowest BCUT2D eigenvalue weighted by Gasteiger charge is -2.08. The number of hydrazine groups is 1. The monoisotopic (exact) mass is 468 g/mol. The van der Waals surface area contributed by atoms with Crippen LogP contribution in [0.3, 0.4) is 0 Å². The van der Waals surface area contributed by atoms with Crippen LogP contribution in [0.1, 0.15) is 17.4 Å². The fraction of sp³-hybridized carbons (Fsp3) is 0.250. The Morgan fingerprint density at radius 3 is 2.78 bits per heavy atom. The minimum absolute atomic E-state index is 0.111. The number of nitrogens with one attached hydrogen (secondary N) is 2. The molecule has 0 bridgehead atoms. The van der Waals surface area contributed by atoms with Gasteiger partial charge in [-0.25, -0.2) is 0 Å². The molecule has 3 rings (SSSR count). The molecule has 3 heterocycles. The number of halogens is 1. The highest BCUT2D eigenvalue weighted by molar-refractivity contribution is 9.10. The molecule has 2 N–H and O–H groups in total. The first-order valence-electron chi connectivity index (χ1n) is 8.00. The molecule has 8 nitrogen and oxygen atoms in total. The van der Waals surface area contributed by atoms with Crippen molar-refractivity contribution in [2.24, 2.45) is 7.05 Å². The standard InChI is InChI=1S/C16H17BrN6O2S2/c1-3-23-14(12-5-4-6-26-12)19-21-16(23)27-9-13(24)18-20-15(25)11-7-10(17)8-22(11)2/h4-8H,3,9H2,1-2H3,(H,18,24)(H,20,25). The predicted molar refractivity (Wildman–Crippen MR) is 108 cm³/mol. The van der Waals surface area contributed by atoms with Gasteiger partial charge in [-0.2, -0.15) is 0 Å². The molecule has 0 fully saturated rings. The second-order valence-electron chi connectivity index (χ2n) is 5.47. The molecule has 0 aliphatic rings. The van der Waals surface area contributed by atoms with Gasteiger partial charge < -0.3 is 9.13 Å². The summed E-state index contributed by atoms with van der Waals surface area (Å²) < 4.78 is 4.41. The fourth-order valence-electron chi connectivity index (χ4n) is 2.38. The normalized spacial score (nSPS) is 10.8. The molecule has 142 valence electrons. The zero-order valence-corrected chi connectivity index (χ0v) is 17.8. The second-order valence-corrected chi connectivity index (χ2v) is 8.28. The molecule has 0 unspecified atom stereocenters. The fourth-order valence-corrected chi connectivity index (χ4v) is 4.42. The van der Waals surface area contributed by atoms with Crippen molar-refractivity contribution < 1.29 is 9.59 Å². The van der Waals surface area contributed by atoms with Crippen LogP contribution in [-0.2, 0) is 18.4 Å². The summed E-state index contributed by atoms with van der Waals surface area (Å²) in [7, 11) is 1.75. The van der Waals surface area contributed by atoms with Crippen LogP contribution in [0.4, 0.5) is 0 Å². The van der Waals surface area contributed by atoms with Crippen molar-refractivity contribution in [1.29, 1.82) is 0 Å². The molecular weight excluding hydrogens is 452 g/mol. The minimum atomic E-state index is -0.391. The van der Waals surface area contributed by atoms with Gasteiger partial charge in [0.05, 0.1) is 10.6 Å². The first kappa shape index (κ1) is 19.6. The van der Waals surface area contributed by atoms with Gasteiger partial charge in [-0.05, 0) is 40.4 Å². The van der Waals surface area contributed by atoms with E-state index < -0.39 is 5.91 Å². The smallest absolute Gasteiger partial charge is 0.286 e. The van der Waals surface area contributed by atoms with Gasteiger partial charge in [0.15, 0.2) is 11.0 Å². The number of nitrogens with zero attached hydrogens (tertiary/aromatic N) is 4. The highest BCUT2D eigenvalue weighted by atomic mass is 79.9. The molecular formula is C16H17BrN6O2S2. The second kappa shape index (κ2) is 8.72. The largest absolute Gasteiger partial charge is 0.345 e. The van der Waals surface area contributed by atoms with Crippen LogP contribution >= 0.6 is 39.0 Å². The number of aromatic nitrogens is 4. The number of rotatable bonds is 6. The average molecular weight is 469 g/mol. The average Bonchev–Trinajstić information content (AvgIpc) is 3.36. The van der Waals surface area contributed by atoms with Crippen LogP contribution in [0.15, 0.2) is 39.4 Å². The van der Waals surface area contributed by atoms with E-state index >= 15 is 0 Å². The maximum Gasteiger partial charge on any atom is 0.286 e. The number of aryl methyl sites for hydroxylation is 1. The summed E-state index contributed by atoms with van der Waals surface area (Å²) in [6.07, 6.45) is 1.76. The van der Waals surface area contributed by atoms with Crippen molar-refractivity contribution in [3.63, 3.8) is 0 Å². The van der Waals surface area contributed by atoms with E-state index in [1.54, 1.807) is 35.2 Å². The minimum Gasteiger partial charge on any atom is -0.345 e. The first-order valence-corrected chi connectivity index (χ1v) is 10.7. The lowest BCUT2D eigenvalue weighted by atomic mass is 10.4. The molecule has 27 heavy (non-hydrogen) atoms. The van der Waals surface area contributed by atoms with E-state index in [2.05, 4.69) is 37.0 Å². The van der Waals surface area contributed by atoms with Crippen LogP contribution in [-0.4, -0.2) is 36.9 Å². The van der Waals surface area contributed by atoms with E-state index in [0.717, 1.165) is 15.2 Å². The van der Waals surface area contributed by atoms with E-state index in [1.807, 2.05) is 29.0 Å². The van der Waals surface area contributed by atoms with E-state index in [1.165, 1.54) is 11.8 Å². The van der Waals surface area contributed by atoms with Crippen molar-refractivity contribution in [1.82, 2.24) is 30.2 Å². The summed E-state index contributed by atoms with van der Waals surface area (Å²) in [6.45, 7) is 2.70. The molecule has 11 heteroatoms. The van der Waals surface area contributed by atoms with Gasteiger partial charge in [-0.15, -0.1) is 21.5 Å². The number of carbonyl (C=O) groups excluding carboxylic acids is 2. The third kappa shape index (κ3) is 4.60. The number of hydrogen-bond donors (Lipinski definition) is 2. The molecule has 3 aromatic rings. The van der Waals surface area contributed by atoms with Gasteiger partial charge >= 0.3 is 0 Å². The summed E-state index contributed by atoms with van der Waals surface area (Å²) in [6, 6.07) is 5.62. The third-order valence-corrected chi connectivity index (χ3v) is 5.89. The van der Waals surface area contributed by atoms with Gasteiger partial charge in [0.25, 0.3) is 5.91 Å². The van der Waals surface area contributed by atoms with E-state index in [4.69, 9.17) is 0 Å². The van der Waals surface area contributed by atoms with Crippen LogP contribution in [0.5, 0.6) is 0 Å². The van der Waals surface area contributed by atoms with Gasteiger partial charge in [0.1, 0.15) is 5.69 Å². The van der Waals surface area contributed by atoms with Gasteiger partial charge in [0.2, 0.25) is 5.91 Å². The molecule has 0 aliphatic heterocycles. The van der Waals surface area contributed by atoms with Crippen molar-refractivity contribution in [2.75, 3.05) is 5.75 Å². The Labute approximate surface area is 172 Å². The van der Waals surface area contributed by atoms with Crippen molar-refractivity contribution in [3.05, 3.63) is 39.9 Å². The highest BCUT2D eigenvalue weighted by Crippen LogP contribution is 2.26. The number of thiophene rings is 1. The molecule has 0 saturated heterocycles. The molecule has 0 radical (unpaired) electrons. The van der Waals surface area contributed by atoms with Crippen LogP contribution < -0.4 is 10.9 Å². The Hall–Kier alpha value is -2.11. The predicted octanol–water partition coefficient (Wildman–Crippen LogP) is 2.68. The summed E-state index contributed by atoms with van der Waals surface area (Å²) in [5.74, 6) is 0.181. The molecule has 0 aromatic carbocycles. The zero-order valence-electron chi connectivity index (χ0n) is 14.6. The summed E-state index contributed by atoms with van der Waals surface area (Å²) >= 11 is 6.17. The quantitative estimate of drug-likeness (QED) is 0.428. The Morgan fingerprint density at radius 1 is 1.33 bits per heavy atom. The Morgan fingerprint density at radius 2 is 2.15 bits per heavy atom. The third-order valence-electron chi connectivity index (χ3n) is 3.63. The lowest BCUT2D eigenvalue weighted by molar-refractivity contribution is -0.119. The van der Waals surface area contributed by atoms with E-state index in [9.17, 15) is 9.59 Å². The van der Waals surface area contributed by atoms with Crippen LogP contribution in [0, 0.1) is 0 Å². The molecule has 3 aromatic heterocycles. The van der Waals surface area contributed by atoms with Gasteiger partial charge in [0, 0.05) is 24.3 Å². The molecule has 2 amide bonds. The van der Waals surface area contributed by atoms with Crippen molar-refractivity contribution in [2.45, 2.75) is 18.6 Å². The Bertz CT molecular complexity index is 950. The molecule has 0 atom stereocenters.